The first-order valence-corrected chi connectivity index (χ1v) is 7.38. The molecule has 4 heteroatoms. The molecule has 1 atom stereocenters. The molecule has 0 amide bonds. The number of pyridine rings is 1. The lowest BCUT2D eigenvalue weighted by Crippen LogP contribution is -1.96. The lowest BCUT2D eigenvalue weighted by Gasteiger charge is -2.13. The average Bonchev–Trinajstić information content (AvgIpc) is 2.46. The van der Waals surface area contributed by atoms with E-state index in [1.54, 1.807) is 19.1 Å². The van der Waals surface area contributed by atoms with Gasteiger partial charge in [-0.15, -0.1) is 0 Å². The fourth-order valence-electron chi connectivity index (χ4n) is 2.60. The topological polar surface area (TPSA) is 33.1 Å². The Morgan fingerprint density at radius 1 is 1.14 bits per heavy atom. The zero-order chi connectivity index (χ0) is 15.9. The molecular weight excluding hydrogens is 301 g/mol. The second-order valence-corrected chi connectivity index (χ2v) is 5.79. The van der Waals surface area contributed by atoms with Gasteiger partial charge in [-0.1, -0.05) is 29.8 Å². The van der Waals surface area contributed by atoms with Gasteiger partial charge >= 0.3 is 0 Å². The highest BCUT2D eigenvalue weighted by atomic mass is 35.5. The molecule has 0 aliphatic rings. The van der Waals surface area contributed by atoms with Gasteiger partial charge in [0.1, 0.15) is 11.0 Å². The number of nitrogens with zero attached hydrogens (tertiary/aromatic N) is 1. The van der Waals surface area contributed by atoms with E-state index in [4.69, 9.17) is 11.6 Å². The van der Waals surface area contributed by atoms with Crippen molar-refractivity contribution in [3.63, 3.8) is 0 Å². The Labute approximate surface area is 133 Å². The highest BCUT2D eigenvalue weighted by Crippen LogP contribution is 2.33. The molecule has 1 aromatic heterocycles. The molecule has 0 bridgehead atoms. The Morgan fingerprint density at radius 3 is 2.45 bits per heavy atom. The van der Waals surface area contributed by atoms with Crippen LogP contribution in [0.4, 0.5) is 4.39 Å². The quantitative estimate of drug-likeness (QED) is 0.671. The first-order valence-electron chi connectivity index (χ1n) is 7.00. The molecule has 1 unspecified atom stereocenters. The molecule has 2 nitrogen and oxygen atoms in total. The third kappa shape index (κ3) is 2.70. The van der Waals surface area contributed by atoms with Gasteiger partial charge in [0.25, 0.3) is 0 Å². The lowest BCUT2D eigenvalue weighted by molar-refractivity contribution is 0.201. The maximum atomic E-state index is 13.1. The van der Waals surface area contributed by atoms with Crippen molar-refractivity contribution in [1.29, 1.82) is 0 Å². The normalized spacial score (nSPS) is 12.6. The van der Waals surface area contributed by atoms with Gasteiger partial charge in [-0.05, 0) is 54.8 Å². The van der Waals surface area contributed by atoms with E-state index < -0.39 is 6.10 Å². The van der Waals surface area contributed by atoms with Crippen molar-refractivity contribution in [2.45, 2.75) is 20.0 Å². The second-order valence-electron chi connectivity index (χ2n) is 5.43. The van der Waals surface area contributed by atoms with Gasteiger partial charge in [0.05, 0.1) is 11.6 Å². The Morgan fingerprint density at radius 2 is 1.82 bits per heavy atom. The van der Waals surface area contributed by atoms with E-state index in [2.05, 4.69) is 4.98 Å². The Balaban J connectivity index is 2.28. The Bertz CT molecular complexity index is 844. The van der Waals surface area contributed by atoms with Crippen LogP contribution >= 0.6 is 11.6 Å². The number of aromatic nitrogens is 1. The number of hydrogen-bond acceptors (Lipinski definition) is 2. The van der Waals surface area contributed by atoms with Gasteiger partial charge in [0.15, 0.2) is 0 Å². The first kappa shape index (κ1) is 14.9. The minimum atomic E-state index is -0.605. The molecule has 2 aromatic carbocycles. The van der Waals surface area contributed by atoms with Crippen molar-refractivity contribution in [2.24, 2.45) is 0 Å². The first-order chi connectivity index (χ1) is 10.5. The van der Waals surface area contributed by atoms with Gasteiger partial charge in [0.2, 0.25) is 0 Å². The number of halogens is 2. The van der Waals surface area contributed by atoms with Crippen molar-refractivity contribution in [3.05, 3.63) is 64.6 Å². The standard InChI is InChI=1S/C18H15ClFNO/c1-10-7-14(11(2)22)16-9-15(18(19)21-17(16)8-10)12-3-5-13(20)6-4-12/h3-9,11,22H,1-2H3. The van der Waals surface area contributed by atoms with Crippen molar-refractivity contribution >= 4 is 22.5 Å². The molecular formula is C18H15ClFNO. The predicted molar refractivity (Wildman–Crippen MR) is 87.5 cm³/mol. The van der Waals surface area contributed by atoms with Crippen molar-refractivity contribution in [3.8, 4) is 11.1 Å². The molecule has 1 heterocycles. The smallest absolute Gasteiger partial charge is 0.137 e. The van der Waals surface area contributed by atoms with E-state index in [1.165, 1.54) is 12.1 Å². The molecule has 0 radical (unpaired) electrons. The van der Waals surface area contributed by atoms with Crippen LogP contribution < -0.4 is 0 Å². The summed E-state index contributed by atoms with van der Waals surface area (Å²) in [7, 11) is 0. The van der Waals surface area contributed by atoms with Gasteiger partial charge in [-0.2, -0.15) is 0 Å². The largest absolute Gasteiger partial charge is 0.389 e. The molecule has 0 saturated carbocycles. The number of rotatable bonds is 2. The van der Waals surface area contributed by atoms with Crippen LogP contribution in [0.5, 0.6) is 0 Å². The van der Waals surface area contributed by atoms with Crippen LogP contribution in [0.25, 0.3) is 22.0 Å². The third-order valence-corrected chi connectivity index (χ3v) is 3.96. The summed E-state index contributed by atoms with van der Waals surface area (Å²) in [6.45, 7) is 3.68. The molecule has 1 N–H and O–H groups in total. The van der Waals surface area contributed by atoms with Gasteiger partial charge in [0, 0.05) is 10.9 Å². The van der Waals surface area contributed by atoms with Crippen LogP contribution in [-0.2, 0) is 0 Å². The fraction of sp³-hybridized carbons (Fsp3) is 0.167. The molecule has 112 valence electrons. The zero-order valence-electron chi connectivity index (χ0n) is 12.3. The molecule has 0 aliphatic heterocycles. The monoisotopic (exact) mass is 315 g/mol. The van der Waals surface area contributed by atoms with Crippen molar-refractivity contribution in [2.75, 3.05) is 0 Å². The van der Waals surface area contributed by atoms with Gasteiger partial charge < -0.3 is 5.11 Å². The number of aliphatic hydroxyl groups is 1. The van der Waals surface area contributed by atoms with Gasteiger partial charge in [-0.25, -0.2) is 9.37 Å². The minimum absolute atomic E-state index is 0.297. The SMILES string of the molecule is Cc1cc(C(C)O)c2cc(-c3ccc(F)cc3)c(Cl)nc2c1. The zero-order valence-corrected chi connectivity index (χ0v) is 13.0. The number of aryl methyl sites for hydroxylation is 1. The summed E-state index contributed by atoms with van der Waals surface area (Å²) in [6.07, 6.45) is -0.605. The minimum Gasteiger partial charge on any atom is -0.389 e. The van der Waals surface area contributed by atoms with E-state index in [-0.39, 0.29) is 5.82 Å². The maximum Gasteiger partial charge on any atom is 0.137 e. The molecule has 3 rings (SSSR count). The van der Waals surface area contributed by atoms with Crippen molar-refractivity contribution in [1.82, 2.24) is 4.98 Å². The van der Waals surface area contributed by atoms with E-state index >= 15 is 0 Å². The molecule has 22 heavy (non-hydrogen) atoms. The fourth-order valence-corrected chi connectivity index (χ4v) is 2.86. The highest BCUT2D eigenvalue weighted by Gasteiger charge is 2.13. The van der Waals surface area contributed by atoms with Gasteiger partial charge in [-0.3, -0.25) is 0 Å². The van der Waals surface area contributed by atoms with E-state index in [0.717, 1.165) is 33.2 Å². The summed E-state index contributed by atoms with van der Waals surface area (Å²) in [4.78, 5) is 4.44. The van der Waals surface area contributed by atoms with Crippen LogP contribution in [0.2, 0.25) is 5.15 Å². The number of fused-ring (bicyclic) bond motifs is 1. The second kappa shape index (κ2) is 5.67. The van der Waals surface area contributed by atoms with E-state index in [9.17, 15) is 9.50 Å². The Kier molecular flexibility index (Phi) is 3.85. The number of benzene rings is 2. The molecule has 3 aromatic rings. The summed E-state index contributed by atoms with van der Waals surface area (Å²) in [5.74, 6) is -0.297. The predicted octanol–water partition coefficient (Wildman–Crippen LogP) is 5.06. The summed E-state index contributed by atoms with van der Waals surface area (Å²) < 4.78 is 13.1. The van der Waals surface area contributed by atoms with Crippen LogP contribution in [0.15, 0.2) is 42.5 Å². The third-order valence-electron chi connectivity index (χ3n) is 3.67. The number of hydrogen-bond donors (Lipinski definition) is 1. The summed E-state index contributed by atoms with van der Waals surface area (Å²) in [6, 6.07) is 11.9. The average molecular weight is 316 g/mol. The number of aliphatic hydroxyl groups excluding tert-OH is 1. The summed E-state index contributed by atoms with van der Waals surface area (Å²) in [5.41, 5.74) is 4.08. The van der Waals surface area contributed by atoms with Crippen LogP contribution in [0.1, 0.15) is 24.2 Å². The Hall–Kier alpha value is -1.97. The van der Waals surface area contributed by atoms with Crippen LogP contribution in [0.3, 0.4) is 0 Å². The summed E-state index contributed by atoms with van der Waals surface area (Å²) >= 11 is 6.29. The highest BCUT2D eigenvalue weighted by molar-refractivity contribution is 6.32. The lowest BCUT2D eigenvalue weighted by atomic mass is 9.98. The van der Waals surface area contributed by atoms with Crippen LogP contribution in [0, 0.1) is 12.7 Å². The molecule has 0 aliphatic carbocycles. The van der Waals surface area contributed by atoms with Crippen molar-refractivity contribution < 1.29 is 9.50 Å². The molecule has 0 spiro atoms. The maximum absolute atomic E-state index is 13.1. The van der Waals surface area contributed by atoms with E-state index in [0.29, 0.717) is 5.15 Å². The van der Waals surface area contributed by atoms with E-state index in [1.807, 2.05) is 25.1 Å². The molecule has 0 fully saturated rings. The molecule has 0 saturated heterocycles. The van der Waals surface area contributed by atoms with Crippen LogP contribution in [-0.4, -0.2) is 10.1 Å². The summed E-state index contributed by atoms with van der Waals surface area (Å²) in [5, 5.41) is 11.2.